The molecule has 0 fully saturated rings. The number of aryl methyl sites for hydroxylation is 1. The van der Waals surface area contributed by atoms with Crippen LogP contribution < -0.4 is 5.32 Å². The summed E-state index contributed by atoms with van der Waals surface area (Å²) in [7, 11) is 1.65. The summed E-state index contributed by atoms with van der Waals surface area (Å²) in [6.07, 6.45) is 4.13. The number of rotatable bonds is 5. The number of carbonyl (C=O) groups is 1. The van der Waals surface area contributed by atoms with Crippen molar-refractivity contribution in [2.24, 2.45) is 5.41 Å². The number of alkyl halides is 1. The first-order valence-corrected chi connectivity index (χ1v) is 7.10. The zero-order chi connectivity index (χ0) is 14.8. The number of amides is 1. The molecule has 2 aromatic heterocycles. The van der Waals surface area contributed by atoms with Gasteiger partial charge in [-0.25, -0.2) is 4.98 Å². The zero-order valence-electron chi connectivity index (χ0n) is 12.0. The lowest BCUT2D eigenvalue weighted by atomic mass is 9.92. The second-order valence-corrected chi connectivity index (χ2v) is 5.76. The van der Waals surface area contributed by atoms with Crippen LogP contribution >= 0.6 is 11.6 Å². The molecule has 0 bridgehead atoms. The largest absolute Gasteiger partial charge is 0.359 e. The summed E-state index contributed by atoms with van der Waals surface area (Å²) in [4.78, 5) is 20.6. The average molecular weight is 295 g/mol. The Balaban J connectivity index is 2.46. The summed E-state index contributed by atoms with van der Waals surface area (Å²) in [5.74, 6) is 1.39. The molecule has 0 aliphatic heterocycles. The third kappa shape index (κ3) is 2.77. The molecule has 1 amide bonds. The lowest BCUT2D eigenvalue weighted by molar-refractivity contribution is -0.129. The van der Waals surface area contributed by atoms with Crippen LogP contribution in [0.5, 0.6) is 0 Å². The van der Waals surface area contributed by atoms with Crippen LogP contribution in [0.4, 0.5) is 0 Å². The van der Waals surface area contributed by atoms with E-state index >= 15 is 0 Å². The summed E-state index contributed by atoms with van der Waals surface area (Å²) in [6.45, 7) is 4.39. The van der Waals surface area contributed by atoms with Gasteiger partial charge in [0, 0.05) is 32.1 Å². The molecule has 0 aliphatic rings. The maximum Gasteiger partial charge on any atom is 0.227 e. The van der Waals surface area contributed by atoms with Crippen molar-refractivity contribution in [3.8, 4) is 0 Å². The number of halogens is 1. The number of hydrogen-bond donors (Lipinski definition) is 1. The number of fused-ring (bicyclic) bond motifs is 1. The molecule has 1 N–H and O–H groups in total. The monoisotopic (exact) mass is 294 g/mol. The molecule has 0 spiro atoms. The maximum absolute atomic E-state index is 12.0. The molecule has 0 radical (unpaired) electrons. The van der Waals surface area contributed by atoms with Crippen molar-refractivity contribution in [2.45, 2.75) is 26.8 Å². The van der Waals surface area contributed by atoms with Crippen LogP contribution in [0.15, 0.2) is 18.5 Å². The Morgan fingerprint density at radius 3 is 2.90 bits per heavy atom. The van der Waals surface area contributed by atoms with Crippen molar-refractivity contribution in [3.63, 3.8) is 0 Å². The van der Waals surface area contributed by atoms with Gasteiger partial charge in [-0.2, -0.15) is 0 Å². The quantitative estimate of drug-likeness (QED) is 0.858. The molecular weight excluding hydrogens is 276 g/mol. The number of imidazole rings is 1. The molecule has 0 saturated carbocycles. The van der Waals surface area contributed by atoms with E-state index in [2.05, 4.69) is 19.9 Å². The Bertz CT molecular complexity index is 621. The highest BCUT2D eigenvalue weighted by atomic mass is 35.5. The van der Waals surface area contributed by atoms with Gasteiger partial charge in [-0.1, -0.05) is 0 Å². The SMILES string of the molecule is CNC(=O)C(C)(C)Cn1c(CCCl)nc2cnccc21. The van der Waals surface area contributed by atoms with E-state index in [4.69, 9.17) is 11.6 Å². The molecule has 0 aromatic carbocycles. The second-order valence-electron chi connectivity index (χ2n) is 5.38. The minimum Gasteiger partial charge on any atom is -0.359 e. The van der Waals surface area contributed by atoms with Crippen LogP contribution in [-0.2, 0) is 17.8 Å². The highest BCUT2D eigenvalue weighted by Crippen LogP contribution is 2.24. The Morgan fingerprint density at radius 1 is 1.50 bits per heavy atom. The average Bonchev–Trinajstić information content (AvgIpc) is 2.76. The van der Waals surface area contributed by atoms with E-state index in [1.807, 2.05) is 19.9 Å². The van der Waals surface area contributed by atoms with Gasteiger partial charge in [0.2, 0.25) is 5.91 Å². The highest BCUT2D eigenvalue weighted by Gasteiger charge is 2.28. The minimum atomic E-state index is -0.521. The molecule has 0 unspecified atom stereocenters. The number of aromatic nitrogens is 3. The van der Waals surface area contributed by atoms with E-state index in [9.17, 15) is 4.79 Å². The van der Waals surface area contributed by atoms with Gasteiger partial charge in [0.25, 0.3) is 0 Å². The van der Waals surface area contributed by atoms with Gasteiger partial charge in [0.15, 0.2) is 0 Å². The van der Waals surface area contributed by atoms with E-state index in [-0.39, 0.29) is 5.91 Å². The van der Waals surface area contributed by atoms with Gasteiger partial charge in [-0.05, 0) is 19.9 Å². The van der Waals surface area contributed by atoms with Gasteiger partial charge < -0.3 is 9.88 Å². The topological polar surface area (TPSA) is 59.8 Å². The Hall–Kier alpha value is -1.62. The van der Waals surface area contributed by atoms with Crippen molar-refractivity contribution in [3.05, 3.63) is 24.3 Å². The summed E-state index contributed by atoms with van der Waals surface area (Å²) >= 11 is 5.85. The van der Waals surface area contributed by atoms with E-state index in [0.717, 1.165) is 16.9 Å². The number of carbonyl (C=O) groups excluding carboxylic acids is 1. The van der Waals surface area contributed by atoms with Crippen molar-refractivity contribution in [1.29, 1.82) is 0 Å². The standard InChI is InChI=1S/C14H19ClN4O/c1-14(2,13(20)16-3)9-19-11-5-7-17-8-10(11)18-12(19)4-6-15/h5,7-8H,4,6,9H2,1-3H3,(H,16,20). The van der Waals surface area contributed by atoms with Crippen LogP contribution in [0.2, 0.25) is 0 Å². The fraction of sp³-hybridized carbons (Fsp3) is 0.500. The van der Waals surface area contributed by atoms with Crippen molar-refractivity contribution >= 4 is 28.5 Å². The molecule has 0 atom stereocenters. The molecule has 108 valence electrons. The number of nitrogens with one attached hydrogen (secondary N) is 1. The first kappa shape index (κ1) is 14.8. The molecule has 5 nitrogen and oxygen atoms in total. The molecule has 2 aromatic rings. The number of hydrogen-bond acceptors (Lipinski definition) is 3. The summed E-state index contributed by atoms with van der Waals surface area (Å²) in [5, 5.41) is 2.71. The maximum atomic E-state index is 12.0. The van der Waals surface area contributed by atoms with Crippen molar-refractivity contribution < 1.29 is 4.79 Å². The molecule has 0 saturated heterocycles. The molecule has 6 heteroatoms. The van der Waals surface area contributed by atoms with Crippen molar-refractivity contribution in [1.82, 2.24) is 19.9 Å². The minimum absolute atomic E-state index is 0.00484. The van der Waals surface area contributed by atoms with E-state index in [0.29, 0.717) is 18.8 Å². The predicted octanol–water partition coefficient (Wildman–Crippen LogP) is 1.98. The van der Waals surface area contributed by atoms with Crippen LogP contribution in [0.25, 0.3) is 11.0 Å². The first-order chi connectivity index (χ1) is 9.49. The molecule has 2 heterocycles. The van der Waals surface area contributed by atoms with Gasteiger partial charge in [-0.3, -0.25) is 9.78 Å². The first-order valence-electron chi connectivity index (χ1n) is 6.57. The zero-order valence-corrected chi connectivity index (χ0v) is 12.7. The highest BCUT2D eigenvalue weighted by molar-refractivity contribution is 6.17. The smallest absolute Gasteiger partial charge is 0.227 e. The van der Waals surface area contributed by atoms with E-state index < -0.39 is 5.41 Å². The molecule has 20 heavy (non-hydrogen) atoms. The van der Waals surface area contributed by atoms with Gasteiger partial charge in [0.1, 0.15) is 11.3 Å². The Kier molecular flexibility index (Phi) is 4.28. The van der Waals surface area contributed by atoms with Crippen LogP contribution in [-0.4, -0.2) is 33.4 Å². The predicted molar refractivity (Wildman–Crippen MR) is 79.8 cm³/mol. The fourth-order valence-corrected chi connectivity index (χ4v) is 2.46. The molecule has 0 aliphatic carbocycles. The van der Waals surface area contributed by atoms with Gasteiger partial charge >= 0.3 is 0 Å². The lowest BCUT2D eigenvalue weighted by Gasteiger charge is -2.24. The third-order valence-electron chi connectivity index (χ3n) is 3.34. The molecular formula is C14H19ClN4O. The normalized spacial score (nSPS) is 11.8. The third-order valence-corrected chi connectivity index (χ3v) is 3.53. The second kappa shape index (κ2) is 5.79. The van der Waals surface area contributed by atoms with Gasteiger partial charge in [-0.15, -0.1) is 11.6 Å². The van der Waals surface area contributed by atoms with E-state index in [1.54, 1.807) is 19.4 Å². The van der Waals surface area contributed by atoms with Crippen LogP contribution in [0.1, 0.15) is 19.7 Å². The van der Waals surface area contributed by atoms with Crippen LogP contribution in [0.3, 0.4) is 0 Å². The summed E-state index contributed by atoms with van der Waals surface area (Å²) < 4.78 is 2.06. The number of nitrogens with zero attached hydrogens (tertiary/aromatic N) is 3. The van der Waals surface area contributed by atoms with E-state index in [1.165, 1.54) is 0 Å². The van der Waals surface area contributed by atoms with Gasteiger partial charge in [0.05, 0.1) is 17.1 Å². The number of pyridine rings is 1. The summed E-state index contributed by atoms with van der Waals surface area (Å²) in [6, 6.07) is 1.92. The summed E-state index contributed by atoms with van der Waals surface area (Å²) in [5.41, 5.74) is 1.30. The van der Waals surface area contributed by atoms with Crippen molar-refractivity contribution in [2.75, 3.05) is 12.9 Å². The fourth-order valence-electron chi connectivity index (χ4n) is 2.29. The van der Waals surface area contributed by atoms with Crippen LogP contribution in [0, 0.1) is 5.41 Å². The Morgan fingerprint density at radius 2 is 2.25 bits per heavy atom. The Labute approximate surface area is 123 Å². The molecule has 2 rings (SSSR count). The lowest BCUT2D eigenvalue weighted by Crippen LogP contribution is -2.38.